The van der Waals surface area contributed by atoms with E-state index in [1.165, 1.54) is 193 Å². The second kappa shape index (κ2) is 40.5. The molecule has 0 aromatic heterocycles. The van der Waals surface area contributed by atoms with E-state index in [2.05, 4.69) is 19.2 Å². The highest BCUT2D eigenvalue weighted by Gasteiger charge is 2.47. The maximum atomic E-state index is 13.0. The first-order chi connectivity index (χ1) is 29.2. The number of amides is 1. The van der Waals surface area contributed by atoms with Gasteiger partial charge in [0.1, 0.15) is 18.3 Å². The normalized spacial score (nSPS) is 20.3. The van der Waals surface area contributed by atoms with Gasteiger partial charge in [0, 0.05) is 6.42 Å². The first-order valence-electron chi connectivity index (χ1n) is 25.7. The summed E-state index contributed by atoms with van der Waals surface area (Å²) in [5.41, 5.74) is 0. The van der Waals surface area contributed by atoms with Crippen LogP contribution >= 0.6 is 0 Å². The molecule has 0 aromatic carbocycles. The molecule has 0 aromatic rings. The molecular weight excluding hydrogens is 759 g/mol. The molecule has 1 amide bonds. The molecule has 1 aliphatic heterocycles. The molecule has 1 aliphatic rings. The fourth-order valence-corrected chi connectivity index (χ4v) is 8.56. The van der Waals surface area contributed by atoms with E-state index < -0.39 is 48.8 Å². The topological polar surface area (TPSA) is 166 Å². The molecule has 0 radical (unpaired) electrons. The lowest BCUT2D eigenvalue weighted by atomic mass is 9.99. The molecule has 1 rings (SSSR count). The first-order valence-corrected chi connectivity index (χ1v) is 25.7. The highest BCUT2D eigenvalue weighted by atomic mass is 16.7. The zero-order chi connectivity index (χ0) is 43.9. The molecule has 1 fully saturated rings. The van der Waals surface area contributed by atoms with Gasteiger partial charge in [-0.25, -0.2) is 4.79 Å². The second-order valence-corrected chi connectivity index (χ2v) is 18.4. The Balaban J connectivity index is 2.25. The van der Waals surface area contributed by atoms with Crippen LogP contribution in [0, 0.1) is 0 Å². The summed E-state index contributed by atoms with van der Waals surface area (Å²) in [5, 5.41) is 54.1. The lowest BCUT2D eigenvalue weighted by Crippen LogP contribution is -2.61. The Morgan fingerprint density at radius 2 is 0.833 bits per heavy atom. The van der Waals surface area contributed by atoms with E-state index in [9.17, 15) is 35.1 Å². The summed E-state index contributed by atoms with van der Waals surface area (Å²) in [5.74, 6) is -1.69. The molecule has 0 spiro atoms. The van der Waals surface area contributed by atoms with Crippen molar-refractivity contribution in [2.45, 2.75) is 301 Å². The summed E-state index contributed by atoms with van der Waals surface area (Å²) < 4.78 is 10.9. The van der Waals surface area contributed by atoms with E-state index in [1.807, 2.05) is 0 Å². The third kappa shape index (κ3) is 30.7. The Morgan fingerprint density at radius 3 is 1.18 bits per heavy atom. The van der Waals surface area contributed by atoms with E-state index in [-0.39, 0.29) is 12.5 Å². The van der Waals surface area contributed by atoms with Gasteiger partial charge >= 0.3 is 5.97 Å². The largest absolute Gasteiger partial charge is 0.479 e. The van der Waals surface area contributed by atoms with Crippen LogP contribution in [-0.2, 0) is 19.1 Å². The Morgan fingerprint density at radius 1 is 0.500 bits per heavy atom. The average Bonchev–Trinajstić information content (AvgIpc) is 3.23. The van der Waals surface area contributed by atoms with Gasteiger partial charge in [0.15, 0.2) is 12.4 Å². The maximum absolute atomic E-state index is 13.0. The van der Waals surface area contributed by atoms with Crippen molar-refractivity contribution < 1.29 is 44.6 Å². The molecule has 0 aliphatic carbocycles. The van der Waals surface area contributed by atoms with Crippen LogP contribution in [0.5, 0.6) is 0 Å². The van der Waals surface area contributed by atoms with Crippen LogP contribution in [0.4, 0.5) is 0 Å². The molecule has 6 N–H and O–H groups in total. The van der Waals surface area contributed by atoms with E-state index >= 15 is 0 Å². The number of unbranched alkanes of at least 4 members (excludes halogenated alkanes) is 34. The van der Waals surface area contributed by atoms with E-state index in [4.69, 9.17) is 9.47 Å². The molecule has 1 saturated heterocycles. The van der Waals surface area contributed by atoms with Crippen molar-refractivity contribution >= 4 is 11.9 Å². The Bertz CT molecular complexity index is 970. The predicted octanol–water partition coefficient (Wildman–Crippen LogP) is 11.6. The van der Waals surface area contributed by atoms with Gasteiger partial charge in [-0.2, -0.15) is 0 Å². The van der Waals surface area contributed by atoms with Crippen molar-refractivity contribution in [2.75, 3.05) is 6.61 Å². The minimum atomic E-state index is -1.82. The van der Waals surface area contributed by atoms with Crippen LogP contribution in [0.25, 0.3) is 0 Å². The van der Waals surface area contributed by atoms with Gasteiger partial charge in [-0.15, -0.1) is 0 Å². The Labute approximate surface area is 368 Å². The molecule has 7 atom stereocenters. The number of hydrogen-bond donors (Lipinski definition) is 6. The SMILES string of the molecule is CCCCCCCCCCCCCCCCCCCCCCCCCC(=O)N[C@@H](CO[C@H]1OC(C(=O)O)[C@H](O)C(O)C1O)[C@H](O)CCCCCCCCCCCCCCC. The van der Waals surface area contributed by atoms with E-state index in [0.717, 1.165) is 38.5 Å². The van der Waals surface area contributed by atoms with Crippen molar-refractivity contribution in [1.29, 1.82) is 0 Å². The number of aliphatic hydroxyl groups is 4. The number of carbonyl (C=O) groups excluding carboxylic acids is 1. The summed E-state index contributed by atoms with van der Waals surface area (Å²) in [6.45, 7) is 4.28. The second-order valence-electron chi connectivity index (χ2n) is 18.4. The average molecular weight is 856 g/mol. The lowest BCUT2D eigenvalue weighted by molar-refractivity contribution is -0.295. The van der Waals surface area contributed by atoms with Gasteiger partial charge in [0.2, 0.25) is 5.91 Å². The molecule has 356 valence electrons. The number of aliphatic hydroxyl groups excluding tert-OH is 4. The first kappa shape index (κ1) is 56.7. The van der Waals surface area contributed by atoms with Crippen molar-refractivity contribution in [3.63, 3.8) is 0 Å². The number of ether oxygens (including phenoxy) is 2. The molecular formula is C50H97NO9. The summed E-state index contributed by atoms with van der Waals surface area (Å²) in [6, 6.07) is -0.803. The predicted molar refractivity (Wildman–Crippen MR) is 245 cm³/mol. The van der Waals surface area contributed by atoms with Crippen LogP contribution < -0.4 is 5.32 Å². The minimum absolute atomic E-state index is 0.194. The summed E-state index contributed by atoms with van der Waals surface area (Å²) in [7, 11) is 0. The molecule has 10 heteroatoms. The number of hydrogen-bond acceptors (Lipinski definition) is 8. The zero-order valence-electron chi connectivity index (χ0n) is 39.0. The smallest absolute Gasteiger partial charge is 0.335 e. The van der Waals surface area contributed by atoms with Crippen molar-refractivity contribution in [3.05, 3.63) is 0 Å². The molecule has 0 saturated carbocycles. The van der Waals surface area contributed by atoms with Gasteiger partial charge in [-0.05, 0) is 12.8 Å². The van der Waals surface area contributed by atoms with Gasteiger partial charge in [0.05, 0.1) is 18.8 Å². The molecule has 10 nitrogen and oxygen atoms in total. The molecule has 0 bridgehead atoms. The number of carboxylic acid groups (broad SMARTS) is 1. The monoisotopic (exact) mass is 856 g/mol. The van der Waals surface area contributed by atoms with Crippen molar-refractivity contribution in [3.8, 4) is 0 Å². The van der Waals surface area contributed by atoms with Crippen molar-refractivity contribution in [2.24, 2.45) is 0 Å². The molecule has 3 unspecified atom stereocenters. The van der Waals surface area contributed by atoms with Crippen molar-refractivity contribution in [1.82, 2.24) is 5.32 Å². The number of rotatable bonds is 44. The number of aliphatic carboxylic acids is 1. The Hall–Kier alpha value is -1.30. The molecule has 1 heterocycles. The van der Waals surface area contributed by atoms with Crippen LogP contribution in [0.1, 0.15) is 258 Å². The third-order valence-corrected chi connectivity index (χ3v) is 12.7. The number of carboxylic acids is 1. The maximum Gasteiger partial charge on any atom is 0.335 e. The quantitative estimate of drug-likeness (QED) is 0.0327. The number of nitrogens with one attached hydrogen (secondary N) is 1. The summed E-state index contributed by atoms with van der Waals surface area (Å²) in [6.07, 6.45) is 37.3. The standard InChI is InChI=1S/C50H97NO9/c1-3-5-7-9-11-13-15-17-18-19-20-21-22-23-24-25-26-28-30-32-34-36-38-40-44(53)51-42(41-59-50-47(56)45(54)46(55)48(60-50)49(57)58)43(52)39-37-35-33-31-29-27-16-14-12-10-8-6-4-2/h42-43,45-48,50,52,54-56H,3-41H2,1-2H3,(H,51,53)(H,57,58)/t42-,43+,45?,46+,47?,48?,50-/m0/s1. The van der Waals surface area contributed by atoms with Gasteiger partial charge in [0.25, 0.3) is 0 Å². The van der Waals surface area contributed by atoms with Gasteiger partial charge in [-0.1, -0.05) is 239 Å². The van der Waals surface area contributed by atoms with Crippen LogP contribution in [0.2, 0.25) is 0 Å². The van der Waals surface area contributed by atoms with E-state index in [0.29, 0.717) is 12.8 Å². The van der Waals surface area contributed by atoms with Crippen LogP contribution in [-0.4, -0.2) is 86.9 Å². The summed E-state index contributed by atoms with van der Waals surface area (Å²) >= 11 is 0. The van der Waals surface area contributed by atoms with Gasteiger partial charge in [-0.3, -0.25) is 4.79 Å². The molecule has 60 heavy (non-hydrogen) atoms. The third-order valence-electron chi connectivity index (χ3n) is 12.7. The van der Waals surface area contributed by atoms with Crippen LogP contribution in [0.15, 0.2) is 0 Å². The zero-order valence-corrected chi connectivity index (χ0v) is 39.0. The van der Waals surface area contributed by atoms with Gasteiger partial charge < -0.3 is 40.3 Å². The Kier molecular flexibility index (Phi) is 38.3. The fourth-order valence-electron chi connectivity index (χ4n) is 8.56. The number of carbonyl (C=O) groups is 2. The van der Waals surface area contributed by atoms with Crippen LogP contribution in [0.3, 0.4) is 0 Å². The fraction of sp³-hybridized carbons (Fsp3) is 0.960. The summed E-state index contributed by atoms with van der Waals surface area (Å²) in [4.78, 5) is 24.6. The minimum Gasteiger partial charge on any atom is -0.479 e. The lowest BCUT2D eigenvalue weighted by Gasteiger charge is -2.39. The van der Waals surface area contributed by atoms with E-state index in [1.54, 1.807) is 0 Å². The highest BCUT2D eigenvalue weighted by molar-refractivity contribution is 5.76. The highest BCUT2D eigenvalue weighted by Crippen LogP contribution is 2.24.